The summed E-state index contributed by atoms with van der Waals surface area (Å²) < 4.78 is 14.7. The highest BCUT2D eigenvalue weighted by Gasteiger charge is 2.21. The number of Topliss-reactive ketones (excluding diaryl/α,β-unsaturated/α-hetero) is 1. The summed E-state index contributed by atoms with van der Waals surface area (Å²) in [6, 6.07) is 4.11. The maximum atomic E-state index is 12.2. The van der Waals surface area contributed by atoms with Crippen molar-refractivity contribution in [1.82, 2.24) is 5.32 Å². The fraction of sp³-hybridized carbons (Fsp3) is 0.273. The quantitative estimate of drug-likeness (QED) is 0.0922. The molecule has 0 saturated heterocycles. The largest absolute Gasteiger partial charge is 0.458 e. The minimum atomic E-state index is -1.25. The molecule has 0 aliphatic heterocycles. The number of benzene rings is 1. The number of ether oxygens (including phenoxy) is 3. The molecule has 1 atom stereocenters. The molecule has 1 unspecified atom stereocenters. The molecule has 0 aromatic heterocycles. The zero-order valence-corrected chi connectivity index (χ0v) is 18.5. The molecule has 0 aliphatic carbocycles. The van der Waals surface area contributed by atoms with E-state index in [1.807, 2.05) is 0 Å². The van der Waals surface area contributed by atoms with E-state index < -0.39 is 54.6 Å². The van der Waals surface area contributed by atoms with Gasteiger partial charge in [0.25, 0.3) is 0 Å². The van der Waals surface area contributed by atoms with Gasteiger partial charge in [0.2, 0.25) is 5.78 Å². The number of amides is 1. The number of carbonyl (C=O) groups is 6. The summed E-state index contributed by atoms with van der Waals surface area (Å²) in [5, 5.41) is 17.7. The smallest absolute Gasteiger partial charge is 0.407 e. The second kappa shape index (κ2) is 13.2. The zero-order valence-electron chi connectivity index (χ0n) is 18.5. The van der Waals surface area contributed by atoms with Gasteiger partial charge in [-0.15, -0.1) is 0 Å². The number of aldehydes is 2. The molecule has 12 nitrogen and oxygen atoms in total. The van der Waals surface area contributed by atoms with Crippen molar-refractivity contribution in [3.63, 3.8) is 0 Å². The standard InChI is InChI=1S/C22H23N3O9/c1-12(2)20(29)32-10-17(11-33-21(30)13(3)28)34-22(31)25-7-14-4-15(18(23)8-26)6-16(5-14)19(24)9-27/h4-6,8-9,17,23-24H,1,7,10-11H2,2-3H3,(H,25,31). The van der Waals surface area contributed by atoms with Crippen LogP contribution >= 0.6 is 0 Å². The molecule has 1 aromatic carbocycles. The summed E-state index contributed by atoms with van der Waals surface area (Å²) in [6.07, 6.45) is -1.69. The molecule has 0 heterocycles. The van der Waals surface area contributed by atoms with Crippen molar-refractivity contribution in [2.75, 3.05) is 13.2 Å². The van der Waals surface area contributed by atoms with E-state index in [0.717, 1.165) is 6.92 Å². The molecule has 0 radical (unpaired) electrons. The Hall–Kier alpha value is -4.48. The maximum Gasteiger partial charge on any atom is 0.407 e. The molecule has 3 N–H and O–H groups in total. The number of hydrogen-bond acceptors (Lipinski definition) is 11. The Balaban J connectivity index is 2.90. The molecule has 1 rings (SSSR count). The molecule has 34 heavy (non-hydrogen) atoms. The number of alkyl carbamates (subject to hydrolysis) is 1. The third-order valence-electron chi connectivity index (χ3n) is 4.00. The monoisotopic (exact) mass is 473 g/mol. The first-order chi connectivity index (χ1) is 16.0. The second-order valence-electron chi connectivity index (χ2n) is 6.90. The SMILES string of the molecule is C=C(C)C(=O)OCC(COC(=O)C(C)=O)OC(=O)NCc1cc(C(=N)C=O)cc(C(=N)C=O)c1. The molecule has 1 aromatic rings. The van der Waals surface area contributed by atoms with Crippen molar-refractivity contribution in [2.45, 2.75) is 26.5 Å². The summed E-state index contributed by atoms with van der Waals surface area (Å²) in [5.41, 5.74) is -0.0978. The lowest BCUT2D eigenvalue weighted by molar-refractivity contribution is -0.157. The molecule has 1 amide bonds. The first-order valence-corrected chi connectivity index (χ1v) is 9.65. The van der Waals surface area contributed by atoms with E-state index in [1.54, 1.807) is 0 Å². The Morgan fingerprint density at radius 2 is 1.44 bits per heavy atom. The van der Waals surface area contributed by atoms with Gasteiger partial charge < -0.3 is 19.5 Å². The third-order valence-corrected chi connectivity index (χ3v) is 4.00. The van der Waals surface area contributed by atoms with Crippen LogP contribution in [0.2, 0.25) is 0 Å². The fourth-order valence-corrected chi connectivity index (χ4v) is 2.29. The summed E-state index contributed by atoms with van der Waals surface area (Å²) >= 11 is 0. The van der Waals surface area contributed by atoms with Crippen LogP contribution in [0.1, 0.15) is 30.5 Å². The van der Waals surface area contributed by atoms with E-state index in [1.165, 1.54) is 25.1 Å². The zero-order chi connectivity index (χ0) is 25.8. The molecule has 0 spiro atoms. The van der Waals surface area contributed by atoms with Crippen LogP contribution in [0.5, 0.6) is 0 Å². The lowest BCUT2D eigenvalue weighted by atomic mass is 10.0. The molecule has 0 saturated carbocycles. The minimum absolute atomic E-state index is 0.0846. The summed E-state index contributed by atoms with van der Waals surface area (Å²) in [5.74, 6) is -2.81. The number of nitrogens with one attached hydrogen (secondary N) is 3. The van der Waals surface area contributed by atoms with Gasteiger partial charge in [-0.2, -0.15) is 0 Å². The predicted octanol–water partition coefficient (Wildman–Crippen LogP) is 0.666. The number of carbonyl (C=O) groups excluding carboxylic acids is 6. The highest BCUT2D eigenvalue weighted by molar-refractivity contribution is 6.37. The third kappa shape index (κ3) is 8.94. The van der Waals surface area contributed by atoms with Crippen molar-refractivity contribution in [2.24, 2.45) is 0 Å². The fourth-order valence-electron chi connectivity index (χ4n) is 2.29. The lowest BCUT2D eigenvalue weighted by Gasteiger charge is -2.18. The summed E-state index contributed by atoms with van der Waals surface area (Å²) in [7, 11) is 0. The minimum Gasteiger partial charge on any atom is -0.458 e. The Labute approximate surface area is 194 Å². The van der Waals surface area contributed by atoms with Crippen molar-refractivity contribution < 1.29 is 43.0 Å². The highest BCUT2D eigenvalue weighted by Crippen LogP contribution is 2.12. The lowest BCUT2D eigenvalue weighted by Crippen LogP contribution is -2.35. The van der Waals surface area contributed by atoms with E-state index in [-0.39, 0.29) is 35.8 Å². The Kier molecular flexibility index (Phi) is 10.7. The molecule has 180 valence electrons. The van der Waals surface area contributed by atoms with Gasteiger partial charge >= 0.3 is 18.0 Å². The molecular weight excluding hydrogens is 450 g/mol. The van der Waals surface area contributed by atoms with E-state index in [0.29, 0.717) is 5.56 Å². The van der Waals surface area contributed by atoms with Crippen LogP contribution in [-0.2, 0) is 44.7 Å². The van der Waals surface area contributed by atoms with Crippen LogP contribution < -0.4 is 5.32 Å². The van der Waals surface area contributed by atoms with Gasteiger partial charge in [-0.3, -0.25) is 25.2 Å². The van der Waals surface area contributed by atoms with Crippen LogP contribution in [0.25, 0.3) is 0 Å². The van der Waals surface area contributed by atoms with Crippen LogP contribution in [0.4, 0.5) is 4.79 Å². The van der Waals surface area contributed by atoms with Crippen molar-refractivity contribution in [3.05, 3.63) is 47.0 Å². The molecule has 0 aliphatic rings. The van der Waals surface area contributed by atoms with E-state index >= 15 is 0 Å². The normalized spacial score (nSPS) is 10.8. The van der Waals surface area contributed by atoms with Gasteiger partial charge in [0.05, 0.1) is 0 Å². The van der Waals surface area contributed by atoms with Gasteiger partial charge in [-0.25, -0.2) is 14.4 Å². The summed E-state index contributed by atoms with van der Waals surface area (Å²) in [6.45, 7) is 4.55. The average molecular weight is 473 g/mol. The molecular formula is C22H23N3O9. The molecule has 0 fully saturated rings. The van der Waals surface area contributed by atoms with Crippen LogP contribution in [0.3, 0.4) is 0 Å². The Morgan fingerprint density at radius 1 is 0.941 bits per heavy atom. The van der Waals surface area contributed by atoms with E-state index in [2.05, 4.69) is 11.9 Å². The van der Waals surface area contributed by atoms with Gasteiger partial charge in [-0.05, 0) is 30.7 Å². The average Bonchev–Trinajstić information content (AvgIpc) is 2.82. The highest BCUT2D eigenvalue weighted by atomic mass is 16.6. The maximum absolute atomic E-state index is 12.2. The van der Waals surface area contributed by atoms with Crippen molar-refractivity contribution >= 4 is 47.8 Å². The van der Waals surface area contributed by atoms with Gasteiger partial charge in [0.15, 0.2) is 18.7 Å². The topological polar surface area (TPSA) is 190 Å². The van der Waals surface area contributed by atoms with E-state index in [4.69, 9.17) is 25.0 Å². The van der Waals surface area contributed by atoms with Crippen molar-refractivity contribution in [1.29, 1.82) is 10.8 Å². The van der Waals surface area contributed by atoms with Crippen LogP contribution in [0, 0.1) is 10.8 Å². The molecule has 12 heteroatoms. The number of ketones is 1. The van der Waals surface area contributed by atoms with Gasteiger partial charge in [0, 0.05) is 30.2 Å². The van der Waals surface area contributed by atoms with Crippen LogP contribution in [0.15, 0.2) is 30.4 Å². The van der Waals surface area contributed by atoms with E-state index in [9.17, 15) is 28.8 Å². The van der Waals surface area contributed by atoms with Crippen molar-refractivity contribution in [3.8, 4) is 0 Å². The second-order valence-corrected chi connectivity index (χ2v) is 6.90. The summed E-state index contributed by atoms with van der Waals surface area (Å²) in [4.78, 5) is 68.1. The number of esters is 2. The first kappa shape index (κ1) is 27.6. The van der Waals surface area contributed by atoms with Crippen LogP contribution in [-0.4, -0.2) is 67.1 Å². The number of hydrogen-bond donors (Lipinski definition) is 3. The number of rotatable bonds is 13. The Bertz CT molecular complexity index is 978. The Morgan fingerprint density at radius 3 is 1.88 bits per heavy atom. The predicted molar refractivity (Wildman–Crippen MR) is 117 cm³/mol. The van der Waals surface area contributed by atoms with Gasteiger partial charge in [-0.1, -0.05) is 6.58 Å². The molecule has 0 bridgehead atoms. The first-order valence-electron chi connectivity index (χ1n) is 9.65. The van der Waals surface area contributed by atoms with Gasteiger partial charge in [0.1, 0.15) is 24.6 Å².